The molecule has 0 spiro atoms. The van der Waals surface area contributed by atoms with E-state index >= 15 is 0 Å². The van der Waals surface area contributed by atoms with Crippen molar-refractivity contribution in [1.82, 2.24) is 18.5 Å². The summed E-state index contributed by atoms with van der Waals surface area (Å²) in [4.78, 5) is 6.36. The van der Waals surface area contributed by atoms with E-state index in [1.165, 1.54) is 4.31 Å². The molecule has 3 heterocycles. The third-order valence-corrected chi connectivity index (χ3v) is 6.18. The van der Waals surface area contributed by atoms with Gasteiger partial charge in [0.05, 0.1) is 18.8 Å². The Hall–Kier alpha value is -1.06. The number of morpholine rings is 1. The minimum Gasteiger partial charge on any atom is -0.374 e. The molecule has 2 atom stereocenters. The Balaban J connectivity index is 1.73. The zero-order valence-corrected chi connectivity index (χ0v) is 13.7. The summed E-state index contributed by atoms with van der Waals surface area (Å²) in [7, 11) is -0.260. The van der Waals surface area contributed by atoms with Crippen LogP contribution in [0.4, 0.5) is 0 Å². The minimum absolute atomic E-state index is 0.0554. The van der Waals surface area contributed by atoms with Crippen LogP contribution >= 0.6 is 0 Å². The molecule has 2 aliphatic rings. The van der Waals surface area contributed by atoms with Crippen LogP contribution in [0.2, 0.25) is 0 Å². The monoisotopic (exact) mass is 326 g/mol. The Morgan fingerprint density at radius 3 is 2.91 bits per heavy atom. The molecule has 0 radical (unpaired) electrons. The van der Waals surface area contributed by atoms with Crippen LogP contribution in [-0.4, -0.2) is 79.4 Å². The molecule has 0 unspecified atom stereocenters. The first kappa shape index (κ1) is 15.8. The van der Waals surface area contributed by atoms with Gasteiger partial charge in [-0.3, -0.25) is 9.88 Å². The average Bonchev–Trinajstić information content (AvgIpc) is 2.90. The lowest BCUT2D eigenvalue weighted by Gasteiger charge is -2.37. The van der Waals surface area contributed by atoms with Gasteiger partial charge in [-0.05, 0) is 11.6 Å². The molecule has 22 heavy (non-hydrogen) atoms. The number of hydrogen-bond acceptors (Lipinski definition) is 5. The predicted octanol–water partition coefficient (Wildman–Crippen LogP) is -0.227. The molecule has 0 amide bonds. The van der Waals surface area contributed by atoms with E-state index in [1.807, 2.05) is 18.3 Å². The highest BCUT2D eigenvalue weighted by Crippen LogP contribution is 2.26. The predicted molar refractivity (Wildman–Crippen MR) is 82.4 cm³/mol. The quantitative estimate of drug-likeness (QED) is 0.765. The van der Waals surface area contributed by atoms with Crippen molar-refractivity contribution in [2.75, 3.05) is 40.3 Å². The second-order valence-electron chi connectivity index (χ2n) is 5.93. The lowest BCUT2D eigenvalue weighted by Crippen LogP contribution is -2.55. The van der Waals surface area contributed by atoms with Gasteiger partial charge in [-0.1, -0.05) is 6.07 Å². The first-order chi connectivity index (χ1) is 10.5. The van der Waals surface area contributed by atoms with E-state index < -0.39 is 10.2 Å². The highest BCUT2D eigenvalue weighted by molar-refractivity contribution is 7.86. The van der Waals surface area contributed by atoms with Gasteiger partial charge in [0.2, 0.25) is 0 Å². The van der Waals surface area contributed by atoms with Gasteiger partial charge in [-0.15, -0.1) is 0 Å². The molecule has 0 bridgehead atoms. The first-order valence-corrected chi connectivity index (χ1v) is 8.80. The summed E-state index contributed by atoms with van der Waals surface area (Å²) in [6.45, 7) is 3.07. The highest BCUT2D eigenvalue weighted by Gasteiger charge is 2.45. The number of pyridine rings is 1. The fraction of sp³-hybridized carbons (Fsp3) is 0.643. The maximum absolute atomic E-state index is 12.5. The normalized spacial score (nSPS) is 27.2. The Morgan fingerprint density at radius 2 is 2.23 bits per heavy atom. The van der Waals surface area contributed by atoms with E-state index in [9.17, 15) is 8.42 Å². The molecule has 2 saturated heterocycles. The average molecular weight is 326 g/mol. The summed E-state index contributed by atoms with van der Waals surface area (Å²) in [6.07, 6.45) is 3.54. The maximum atomic E-state index is 12.5. The molecule has 0 N–H and O–H groups in total. The number of fused-ring (bicyclic) bond motifs is 1. The van der Waals surface area contributed by atoms with Crippen LogP contribution in [0.5, 0.6) is 0 Å². The van der Waals surface area contributed by atoms with Gasteiger partial charge in [-0.2, -0.15) is 17.0 Å². The highest BCUT2D eigenvalue weighted by atomic mass is 32.2. The molecule has 1 aromatic rings. The van der Waals surface area contributed by atoms with Crippen LogP contribution in [0.15, 0.2) is 24.5 Å². The van der Waals surface area contributed by atoms with Gasteiger partial charge in [-0.25, -0.2) is 0 Å². The number of rotatable bonds is 4. The summed E-state index contributed by atoms with van der Waals surface area (Å²) in [6, 6.07) is 3.83. The SMILES string of the molecule is CN(C)S(=O)(=O)N1CCO[C@@H]2CN(Cc3cccnc3)C[C@@H]21. The molecule has 0 aromatic carbocycles. The van der Waals surface area contributed by atoms with E-state index in [0.29, 0.717) is 19.7 Å². The molecule has 1 aromatic heterocycles. The smallest absolute Gasteiger partial charge is 0.281 e. The van der Waals surface area contributed by atoms with Crippen molar-refractivity contribution < 1.29 is 13.2 Å². The van der Waals surface area contributed by atoms with E-state index in [2.05, 4.69) is 9.88 Å². The van der Waals surface area contributed by atoms with E-state index in [1.54, 1.807) is 24.6 Å². The molecule has 0 saturated carbocycles. The molecule has 8 heteroatoms. The summed E-state index contributed by atoms with van der Waals surface area (Å²) in [5.74, 6) is 0. The van der Waals surface area contributed by atoms with Crippen molar-refractivity contribution in [3.05, 3.63) is 30.1 Å². The summed E-state index contributed by atoms with van der Waals surface area (Å²) in [5.41, 5.74) is 1.13. The molecule has 2 aliphatic heterocycles. The standard InChI is InChI=1S/C14H22N4O3S/c1-16(2)22(19,20)18-6-7-21-14-11-17(10-13(14)18)9-12-4-3-5-15-8-12/h3-5,8,13-14H,6-7,9-11H2,1-2H3/t13-,14+/m0/s1. The zero-order chi connectivity index (χ0) is 15.7. The van der Waals surface area contributed by atoms with Gasteiger partial charge in [0, 0.05) is 52.7 Å². The van der Waals surface area contributed by atoms with Crippen molar-refractivity contribution in [2.45, 2.75) is 18.7 Å². The largest absolute Gasteiger partial charge is 0.374 e. The van der Waals surface area contributed by atoms with Crippen LogP contribution in [0.25, 0.3) is 0 Å². The van der Waals surface area contributed by atoms with Gasteiger partial charge in [0.15, 0.2) is 0 Å². The van der Waals surface area contributed by atoms with Crippen molar-refractivity contribution in [3.8, 4) is 0 Å². The Kier molecular flexibility index (Phi) is 4.47. The van der Waals surface area contributed by atoms with Crippen LogP contribution < -0.4 is 0 Å². The summed E-state index contributed by atoms with van der Waals surface area (Å²) < 4.78 is 33.6. The molecule has 0 aliphatic carbocycles. The minimum atomic E-state index is -3.40. The van der Waals surface area contributed by atoms with Crippen LogP contribution in [0, 0.1) is 0 Å². The number of hydrogen-bond donors (Lipinski definition) is 0. The third-order valence-electron chi connectivity index (χ3n) is 4.21. The van der Waals surface area contributed by atoms with Crippen molar-refractivity contribution in [1.29, 1.82) is 0 Å². The lowest BCUT2D eigenvalue weighted by molar-refractivity contribution is -0.0176. The number of aromatic nitrogens is 1. The Labute approximate surface area is 131 Å². The number of likely N-dealkylation sites (tertiary alicyclic amines) is 1. The second kappa shape index (κ2) is 6.21. The van der Waals surface area contributed by atoms with E-state index in [4.69, 9.17) is 4.74 Å². The molecular formula is C14H22N4O3S. The molecule has 2 fully saturated rings. The van der Waals surface area contributed by atoms with Gasteiger partial charge >= 0.3 is 0 Å². The van der Waals surface area contributed by atoms with Crippen LogP contribution in [-0.2, 0) is 21.5 Å². The van der Waals surface area contributed by atoms with E-state index in [-0.39, 0.29) is 12.1 Å². The van der Waals surface area contributed by atoms with Gasteiger partial charge in [0.1, 0.15) is 0 Å². The fourth-order valence-electron chi connectivity index (χ4n) is 3.11. The topological polar surface area (TPSA) is 66.0 Å². The number of nitrogens with zero attached hydrogens (tertiary/aromatic N) is 4. The van der Waals surface area contributed by atoms with Gasteiger partial charge in [0.25, 0.3) is 10.2 Å². The van der Waals surface area contributed by atoms with Crippen LogP contribution in [0.3, 0.4) is 0 Å². The fourth-order valence-corrected chi connectivity index (χ4v) is 4.38. The Bertz CT molecular complexity index is 608. The van der Waals surface area contributed by atoms with Gasteiger partial charge < -0.3 is 4.74 Å². The zero-order valence-electron chi connectivity index (χ0n) is 12.9. The lowest BCUT2D eigenvalue weighted by atomic mass is 10.2. The first-order valence-electron chi connectivity index (χ1n) is 7.40. The van der Waals surface area contributed by atoms with Crippen LogP contribution in [0.1, 0.15) is 5.56 Å². The molecular weight excluding hydrogens is 304 g/mol. The molecule has 122 valence electrons. The summed E-state index contributed by atoms with van der Waals surface area (Å²) in [5, 5.41) is 0. The second-order valence-corrected chi connectivity index (χ2v) is 8.03. The van der Waals surface area contributed by atoms with Crippen molar-refractivity contribution >= 4 is 10.2 Å². The van der Waals surface area contributed by atoms with E-state index in [0.717, 1.165) is 18.7 Å². The third kappa shape index (κ3) is 3.02. The molecule has 7 nitrogen and oxygen atoms in total. The number of ether oxygens (including phenoxy) is 1. The Morgan fingerprint density at radius 1 is 1.41 bits per heavy atom. The summed E-state index contributed by atoms with van der Waals surface area (Å²) >= 11 is 0. The molecule has 3 rings (SSSR count). The van der Waals surface area contributed by atoms with Crippen molar-refractivity contribution in [2.24, 2.45) is 0 Å². The van der Waals surface area contributed by atoms with Crippen molar-refractivity contribution in [3.63, 3.8) is 0 Å². The maximum Gasteiger partial charge on any atom is 0.281 e.